The Morgan fingerprint density at radius 1 is 1.48 bits per heavy atom. The van der Waals surface area contributed by atoms with Crippen molar-refractivity contribution in [3.63, 3.8) is 0 Å². The smallest absolute Gasteiger partial charge is 0.433 e. The monoisotopic (exact) mass is 331 g/mol. The third-order valence-electron chi connectivity index (χ3n) is 3.30. The number of carbonyl (C=O) groups excluding carboxylic acids is 1. The van der Waals surface area contributed by atoms with E-state index in [1.54, 1.807) is 6.07 Å². The zero-order valence-corrected chi connectivity index (χ0v) is 12.5. The second-order valence-electron chi connectivity index (χ2n) is 5.15. The quantitative estimate of drug-likeness (QED) is 0.880. The molecule has 9 heteroatoms. The Hall–Kier alpha value is -2.29. The summed E-state index contributed by atoms with van der Waals surface area (Å²) in [4.78, 5) is 12.1. The first-order chi connectivity index (χ1) is 10.7. The third-order valence-corrected chi connectivity index (χ3v) is 3.30. The van der Waals surface area contributed by atoms with Gasteiger partial charge in [-0.25, -0.2) is 0 Å². The third kappa shape index (κ3) is 3.55. The highest BCUT2D eigenvalue weighted by molar-refractivity contribution is 5.95. The topological polar surface area (TPSA) is 80.3 Å². The van der Waals surface area contributed by atoms with Gasteiger partial charge in [0.05, 0.1) is 24.6 Å². The van der Waals surface area contributed by atoms with Gasteiger partial charge in [0.2, 0.25) is 0 Å². The zero-order valence-electron chi connectivity index (χ0n) is 12.5. The number of halogens is 3. The van der Waals surface area contributed by atoms with Gasteiger partial charge in [0.1, 0.15) is 11.4 Å². The molecular formula is C14H16F3N3O3. The fraction of sp³-hybridized carbons (Fsp3) is 0.429. The van der Waals surface area contributed by atoms with Crippen molar-refractivity contribution in [2.24, 2.45) is 0 Å². The molecule has 0 spiro atoms. The van der Waals surface area contributed by atoms with Crippen molar-refractivity contribution in [2.45, 2.75) is 32.2 Å². The van der Waals surface area contributed by atoms with Crippen LogP contribution in [0.2, 0.25) is 0 Å². The summed E-state index contributed by atoms with van der Waals surface area (Å²) in [6.07, 6.45) is -2.50. The van der Waals surface area contributed by atoms with Crippen LogP contribution in [0.4, 0.5) is 13.2 Å². The minimum Gasteiger partial charge on any atom is -0.466 e. The van der Waals surface area contributed by atoms with Gasteiger partial charge in [-0.05, 0) is 26.0 Å². The number of hydrogen-bond donors (Lipinski definition) is 2. The summed E-state index contributed by atoms with van der Waals surface area (Å²) in [6.45, 7) is 2.54. The molecule has 0 saturated heterocycles. The predicted molar refractivity (Wildman–Crippen MR) is 73.5 cm³/mol. The molecule has 1 atom stereocenters. The number of aryl methyl sites for hydroxylation is 1. The fourth-order valence-electron chi connectivity index (χ4n) is 2.11. The standard InChI is InChI=1S/C14H16F3N3O3/c1-3-20-11(14(15,16)17)9(7-19-20)12(21)18-8-13(2,22)10-5-4-6-23-10/h4-7,22H,3,8H2,1-2H3,(H,18,21). The van der Waals surface area contributed by atoms with Crippen molar-refractivity contribution in [1.29, 1.82) is 0 Å². The van der Waals surface area contributed by atoms with E-state index in [-0.39, 0.29) is 18.8 Å². The molecule has 1 unspecified atom stereocenters. The molecule has 23 heavy (non-hydrogen) atoms. The normalized spacial score (nSPS) is 14.5. The Bertz CT molecular complexity index is 675. The molecule has 2 aromatic heterocycles. The number of hydrogen-bond acceptors (Lipinski definition) is 4. The Kier molecular flexibility index (Phi) is 4.51. The Labute approximate surface area is 129 Å². The van der Waals surface area contributed by atoms with Crippen LogP contribution in [-0.4, -0.2) is 27.3 Å². The number of amides is 1. The number of nitrogens with one attached hydrogen (secondary N) is 1. The number of furan rings is 1. The van der Waals surface area contributed by atoms with Gasteiger partial charge in [-0.2, -0.15) is 18.3 Å². The van der Waals surface area contributed by atoms with Crippen LogP contribution in [0.1, 0.15) is 35.7 Å². The predicted octanol–water partition coefficient (Wildman–Crippen LogP) is 2.15. The molecule has 0 saturated carbocycles. The van der Waals surface area contributed by atoms with Crippen molar-refractivity contribution >= 4 is 5.91 Å². The Morgan fingerprint density at radius 3 is 2.70 bits per heavy atom. The van der Waals surface area contributed by atoms with Crippen LogP contribution in [0.25, 0.3) is 0 Å². The van der Waals surface area contributed by atoms with Gasteiger partial charge < -0.3 is 14.8 Å². The maximum absolute atomic E-state index is 13.1. The molecule has 0 bridgehead atoms. The summed E-state index contributed by atoms with van der Waals surface area (Å²) in [5, 5.41) is 16.0. The van der Waals surface area contributed by atoms with E-state index in [1.807, 2.05) is 0 Å². The molecule has 2 aromatic rings. The van der Waals surface area contributed by atoms with E-state index in [9.17, 15) is 23.1 Å². The van der Waals surface area contributed by atoms with Crippen LogP contribution < -0.4 is 5.32 Å². The lowest BCUT2D eigenvalue weighted by Gasteiger charge is -2.21. The number of carbonyl (C=O) groups is 1. The van der Waals surface area contributed by atoms with E-state index in [1.165, 1.54) is 26.2 Å². The van der Waals surface area contributed by atoms with Gasteiger partial charge in [-0.1, -0.05) is 0 Å². The first-order valence-electron chi connectivity index (χ1n) is 6.84. The minimum atomic E-state index is -4.71. The molecule has 0 radical (unpaired) electrons. The SMILES string of the molecule is CCn1ncc(C(=O)NCC(C)(O)c2ccco2)c1C(F)(F)F. The summed E-state index contributed by atoms with van der Waals surface area (Å²) in [5.41, 5.74) is -3.25. The van der Waals surface area contributed by atoms with E-state index in [0.29, 0.717) is 4.68 Å². The van der Waals surface area contributed by atoms with Gasteiger partial charge in [-0.15, -0.1) is 0 Å². The van der Waals surface area contributed by atoms with Crippen LogP contribution in [0.3, 0.4) is 0 Å². The molecule has 126 valence electrons. The van der Waals surface area contributed by atoms with Crippen LogP contribution in [0.15, 0.2) is 29.0 Å². The van der Waals surface area contributed by atoms with Gasteiger partial charge in [-0.3, -0.25) is 9.48 Å². The molecule has 0 aliphatic carbocycles. The van der Waals surface area contributed by atoms with Crippen LogP contribution >= 0.6 is 0 Å². The number of alkyl halides is 3. The summed E-state index contributed by atoms with van der Waals surface area (Å²) < 4.78 is 45.0. The molecule has 6 nitrogen and oxygen atoms in total. The maximum Gasteiger partial charge on any atom is 0.433 e. The number of rotatable bonds is 5. The lowest BCUT2D eigenvalue weighted by Crippen LogP contribution is -2.39. The highest BCUT2D eigenvalue weighted by Crippen LogP contribution is 2.32. The lowest BCUT2D eigenvalue weighted by atomic mass is 10.0. The lowest BCUT2D eigenvalue weighted by molar-refractivity contribution is -0.144. The molecule has 2 heterocycles. The first kappa shape index (κ1) is 17.1. The number of nitrogens with zero attached hydrogens (tertiary/aromatic N) is 2. The van der Waals surface area contributed by atoms with Crippen LogP contribution in [0, 0.1) is 0 Å². The largest absolute Gasteiger partial charge is 0.466 e. The molecular weight excluding hydrogens is 315 g/mol. The van der Waals surface area contributed by atoms with Crippen molar-refractivity contribution in [3.8, 4) is 0 Å². The van der Waals surface area contributed by atoms with Crippen molar-refractivity contribution in [3.05, 3.63) is 41.6 Å². The second-order valence-corrected chi connectivity index (χ2v) is 5.15. The molecule has 2 rings (SSSR count). The highest BCUT2D eigenvalue weighted by atomic mass is 19.4. The summed E-state index contributed by atoms with van der Waals surface area (Å²) >= 11 is 0. The molecule has 2 N–H and O–H groups in total. The highest BCUT2D eigenvalue weighted by Gasteiger charge is 2.40. The van der Waals surface area contributed by atoms with Crippen molar-refractivity contribution < 1.29 is 27.5 Å². The second kappa shape index (κ2) is 6.07. The van der Waals surface area contributed by atoms with Crippen molar-refractivity contribution in [2.75, 3.05) is 6.54 Å². The zero-order chi connectivity index (χ0) is 17.3. The van der Waals surface area contributed by atoms with Gasteiger partial charge >= 0.3 is 6.18 Å². The molecule has 0 aromatic carbocycles. The van der Waals surface area contributed by atoms with E-state index >= 15 is 0 Å². The molecule has 1 amide bonds. The average Bonchev–Trinajstić information content (AvgIpc) is 3.12. The van der Waals surface area contributed by atoms with Crippen LogP contribution in [-0.2, 0) is 18.3 Å². The molecule has 0 aliphatic rings. The number of aromatic nitrogens is 2. The van der Waals surface area contributed by atoms with Gasteiger partial charge in [0.15, 0.2) is 5.69 Å². The Morgan fingerprint density at radius 2 is 2.17 bits per heavy atom. The molecule has 0 aliphatic heterocycles. The van der Waals surface area contributed by atoms with E-state index in [0.717, 1.165) is 6.20 Å². The van der Waals surface area contributed by atoms with Gasteiger partial charge in [0.25, 0.3) is 5.91 Å². The summed E-state index contributed by atoms with van der Waals surface area (Å²) in [6, 6.07) is 3.06. The fourth-order valence-corrected chi connectivity index (χ4v) is 2.11. The summed E-state index contributed by atoms with van der Waals surface area (Å²) in [5.74, 6) is -0.776. The van der Waals surface area contributed by atoms with Crippen LogP contribution in [0.5, 0.6) is 0 Å². The van der Waals surface area contributed by atoms with Gasteiger partial charge in [0, 0.05) is 6.54 Å². The molecule has 0 fully saturated rings. The van der Waals surface area contributed by atoms with Crippen molar-refractivity contribution in [1.82, 2.24) is 15.1 Å². The maximum atomic E-state index is 13.1. The van der Waals surface area contributed by atoms with E-state index in [2.05, 4.69) is 10.4 Å². The van der Waals surface area contributed by atoms with E-state index in [4.69, 9.17) is 4.42 Å². The Balaban J connectivity index is 2.18. The number of aliphatic hydroxyl groups is 1. The van der Waals surface area contributed by atoms with E-state index < -0.39 is 28.9 Å². The summed E-state index contributed by atoms with van der Waals surface area (Å²) in [7, 11) is 0. The first-order valence-corrected chi connectivity index (χ1v) is 6.84. The average molecular weight is 331 g/mol. The minimum absolute atomic E-state index is 0.0216.